The Morgan fingerprint density at radius 2 is 1.86 bits per heavy atom. The van der Waals surface area contributed by atoms with Crippen LogP contribution in [-0.4, -0.2) is 57.8 Å². The van der Waals surface area contributed by atoms with E-state index in [0.717, 1.165) is 59.9 Å². The maximum atomic E-state index is 13.4. The van der Waals surface area contributed by atoms with E-state index in [1.165, 1.54) is 12.1 Å². The van der Waals surface area contributed by atoms with Crippen molar-refractivity contribution in [2.24, 2.45) is 0 Å². The maximum Gasteiger partial charge on any atom is 0.216 e. The van der Waals surface area contributed by atoms with Crippen molar-refractivity contribution in [3.05, 3.63) is 42.7 Å². The predicted octanol–water partition coefficient (Wildman–Crippen LogP) is 4.12. The first-order chi connectivity index (χ1) is 13.8. The van der Waals surface area contributed by atoms with Gasteiger partial charge < -0.3 is 10.2 Å². The van der Waals surface area contributed by atoms with Crippen LogP contribution in [0.4, 0.5) is 15.3 Å². The molecule has 0 spiro atoms. The van der Waals surface area contributed by atoms with Gasteiger partial charge in [-0.1, -0.05) is 17.4 Å². The summed E-state index contributed by atoms with van der Waals surface area (Å²) in [5.74, 6) is 0.586. The SMILES string of the molecule is C=CCN1CCN(c2nn3c(NC(C)(C)C)c(-c4ccc(F)cc4)nc3s2)CC1. The molecule has 29 heavy (non-hydrogen) atoms. The van der Waals surface area contributed by atoms with E-state index >= 15 is 0 Å². The predicted molar refractivity (Wildman–Crippen MR) is 118 cm³/mol. The van der Waals surface area contributed by atoms with Gasteiger partial charge in [0.1, 0.15) is 11.5 Å². The molecule has 1 saturated heterocycles. The first-order valence-corrected chi connectivity index (χ1v) is 10.7. The Bertz CT molecular complexity index is 993. The molecular weight excluding hydrogens is 387 g/mol. The summed E-state index contributed by atoms with van der Waals surface area (Å²) in [5.41, 5.74) is 1.50. The molecule has 0 bridgehead atoms. The third-order valence-corrected chi connectivity index (χ3v) is 5.80. The summed E-state index contributed by atoms with van der Waals surface area (Å²) in [6, 6.07) is 6.45. The minimum absolute atomic E-state index is 0.162. The van der Waals surface area contributed by atoms with Gasteiger partial charge in [0.25, 0.3) is 0 Å². The van der Waals surface area contributed by atoms with Gasteiger partial charge in [-0.2, -0.15) is 4.52 Å². The highest BCUT2D eigenvalue weighted by Crippen LogP contribution is 2.35. The van der Waals surface area contributed by atoms with Crippen molar-refractivity contribution in [3.8, 4) is 11.3 Å². The van der Waals surface area contributed by atoms with Crippen LogP contribution in [0.1, 0.15) is 20.8 Å². The second-order valence-corrected chi connectivity index (χ2v) is 9.28. The number of anilines is 2. The van der Waals surface area contributed by atoms with Crippen LogP contribution in [0, 0.1) is 5.82 Å². The number of aromatic nitrogens is 3. The molecule has 1 aliphatic heterocycles. The summed E-state index contributed by atoms with van der Waals surface area (Å²) in [4.78, 5) is 10.4. The first-order valence-electron chi connectivity index (χ1n) is 9.86. The second-order valence-electron chi connectivity index (χ2n) is 8.35. The number of hydrogen-bond donors (Lipinski definition) is 1. The second kappa shape index (κ2) is 7.76. The fraction of sp³-hybridized carbons (Fsp3) is 0.429. The van der Waals surface area contributed by atoms with Crippen LogP contribution in [0.2, 0.25) is 0 Å². The lowest BCUT2D eigenvalue weighted by molar-refractivity contribution is 0.284. The molecule has 1 N–H and O–H groups in total. The van der Waals surface area contributed by atoms with E-state index in [2.05, 4.69) is 42.5 Å². The lowest BCUT2D eigenvalue weighted by atomic mass is 10.1. The smallest absolute Gasteiger partial charge is 0.216 e. The van der Waals surface area contributed by atoms with Crippen molar-refractivity contribution in [1.29, 1.82) is 0 Å². The number of benzene rings is 1. The number of imidazole rings is 1. The molecule has 0 amide bonds. The van der Waals surface area contributed by atoms with E-state index in [9.17, 15) is 4.39 Å². The molecule has 0 atom stereocenters. The largest absolute Gasteiger partial charge is 0.364 e. The van der Waals surface area contributed by atoms with Crippen LogP contribution in [0.3, 0.4) is 0 Å². The lowest BCUT2D eigenvalue weighted by Gasteiger charge is -2.33. The zero-order valence-electron chi connectivity index (χ0n) is 17.2. The molecule has 4 rings (SSSR count). The van der Waals surface area contributed by atoms with Crippen LogP contribution < -0.4 is 10.2 Å². The number of hydrogen-bond acceptors (Lipinski definition) is 6. The number of nitrogens with zero attached hydrogens (tertiary/aromatic N) is 5. The Morgan fingerprint density at radius 3 is 2.48 bits per heavy atom. The Morgan fingerprint density at radius 1 is 1.17 bits per heavy atom. The molecule has 8 heteroatoms. The fourth-order valence-electron chi connectivity index (χ4n) is 3.45. The van der Waals surface area contributed by atoms with E-state index < -0.39 is 0 Å². The number of rotatable bonds is 5. The van der Waals surface area contributed by atoms with E-state index in [-0.39, 0.29) is 11.4 Å². The van der Waals surface area contributed by atoms with Crippen LogP contribution in [0.25, 0.3) is 16.2 Å². The van der Waals surface area contributed by atoms with Gasteiger partial charge in [-0.05, 0) is 45.0 Å². The van der Waals surface area contributed by atoms with E-state index in [1.807, 2.05) is 10.6 Å². The minimum Gasteiger partial charge on any atom is -0.364 e. The fourth-order valence-corrected chi connectivity index (χ4v) is 4.40. The Labute approximate surface area is 174 Å². The standard InChI is InChI=1S/C21H27FN6S/c1-5-10-26-11-13-27(14-12-26)20-25-28-18(24-21(2,3)4)17(23-19(28)29-20)15-6-8-16(22)9-7-15/h5-9,24H,1,10-14H2,2-4H3. The summed E-state index contributed by atoms with van der Waals surface area (Å²) >= 11 is 1.59. The summed E-state index contributed by atoms with van der Waals surface area (Å²) in [5, 5.41) is 9.40. The minimum atomic E-state index is -0.254. The highest BCUT2D eigenvalue weighted by molar-refractivity contribution is 7.20. The number of nitrogens with one attached hydrogen (secondary N) is 1. The van der Waals surface area contributed by atoms with Crippen LogP contribution in [-0.2, 0) is 0 Å². The van der Waals surface area contributed by atoms with Crippen molar-refractivity contribution in [2.75, 3.05) is 42.9 Å². The molecular formula is C21H27FN6S. The summed E-state index contributed by atoms with van der Waals surface area (Å²) in [6.45, 7) is 15.0. The summed E-state index contributed by atoms with van der Waals surface area (Å²) < 4.78 is 15.3. The van der Waals surface area contributed by atoms with E-state index in [0.29, 0.717) is 0 Å². The number of piperazine rings is 1. The highest BCUT2D eigenvalue weighted by atomic mass is 32.1. The Kier molecular flexibility index (Phi) is 5.31. The van der Waals surface area contributed by atoms with Crippen molar-refractivity contribution >= 4 is 27.2 Å². The van der Waals surface area contributed by atoms with Crippen molar-refractivity contribution < 1.29 is 4.39 Å². The molecule has 0 aliphatic carbocycles. The van der Waals surface area contributed by atoms with Gasteiger partial charge in [0.05, 0.1) is 0 Å². The molecule has 154 valence electrons. The quantitative estimate of drug-likeness (QED) is 0.637. The molecule has 2 aromatic heterocycles. The molecule has 1 aromatic carbocycles. The lowest BCUT2D eigenvalue weighted by Crippen LogP contribution is -2.46. The zero-order valence-corrected chi connectivity index (χ0v) is 18.0. The van der Waals surface area contributed by atoms with Gasteiger partial charge >= 0.3 is 0 Å². The monoisotopic (exact) mass is 414 g/mol. The zero-order chi connectivity index (χ0) is 20.6. The molecule has 6 nitrogen and oxygen atoms in total. The van der Waals surface area contributed by atoms with E-state index in [4.69, 9.17) is 10.1 Å². The van der Waals surface area contributed by atoms with Crippen molar-refractivity contribution in [1.82, 2.24) is 19.5 Å². The van der Waals surface area contributed by atoms with Crippen LogP contribution in [0.15, 0.2) is 36.9 Å². The van der Waals surface area contributed by atoms with Crippen LogP contribution >= 0.6 is 11.3 Å². The van der Waals surface area contributed by atoms with Crippen molar-refractivity contribution in [2.45, 2.75) is 26.3 Å². The third kappa shape index (κ3) is 4.28. The van der Waals surface area contributed by atoms with Gasteiger partial charge in [-0.15, -0.1) is 11.7 Å². The van der Waals surface area contributed by atoms with E-state index in [1.54, 1.807) is 23.5 Å². The molecule has 0 unspecified atom stereocenters. The summed E-state index contributed by atoms with van der Waals surface area (Å²) in [7, 11) is 0. The topological polar surface area (TPSA) is 48.7 Å². The number of fused-ring (bicyclic) bond motifs is 1. The normalized spacial score (nSPS) is 15.8. The average molecular weight is 415 g/mol. The molecule has 0 radical (unpaired) electrons. The maximum absolute atomic E-state index is 13.4. The molecule has 3 heterocycles. The Hall–Kier alpha value is -2.45. The molecule has 1 fully saturated rings. The van der Waals surface area contributed by atoms with Gasteiger partial charge in [0, 0.05) is 43.8 Å². The van der Waals surface area contributed by atoms with Gasteiger partial charge in [-0.25, -0.2) is 9.37 Å². The highest BCUT2D eigenvalue weighted by Gasteiger charge is 2.25. The van der Waals surface area contributed by atoms with Gasteiger partial charge in [0.15, 0.2) is 5.82 Å². The first kappa shape index (κ1) is 19.8. The summed E-state index contributed by atoms with van der Waals surface area (Å²) in [6.07, 6.45) is 1.95. The third-order valence-electron chi connectivity index (χ3n) is 4.83. The number of halogens is 1. The van der Waals surface area contributed by atoms with Crippen LogP contribution in [0.5, 0.6) is 0 Å². The molecule has 1 aliphatic rings. The molecule has 3 aromatic rings. The Balaban J connectivity index is 1.68. The molecule has 0 saturated carbocycles. The van der Waals surface area contributed by atoms with Gasteiger partial charge in [-0.3, -0.25) is 4.90 Å². The average Bonchev–Trinajstić information content (AvgIpc) is 3.22. The van der Waals surface area contributed by atoms with Crippen molar-refractivity contribution in [3.63, 3.8) is 0 Å². The van der Waals surface area contributed by atoms with Gasteiger partial charge in [0.2, 0.25) is 10.1 Å².